The molecule has 6 nitrogen and oxygen atoms in total. The third-order valence-corrected chi connectivity index (χ3v) is 4.16. The zero-order chi connectivity index (χ0) is 15.2. The number of nitro groups is 1. The fraction of sp³-hybridized carbons (Fsp3) is 0.462. The third kappa shape index (κ3) is 4.40. The predicted octanol–water partition coefficient (Wildman–Crippen LogP) is 1.51. The number of halogens is 1. The molecule has 1 aromatic rings. The Hall–Kier alpha value is -1.67. The van der Waals surface area contributed by atoms with Gasteiger partial charge in [0.15, 0.2) is 0 Å². The highest BCUT2D eigenvalue weighted by molar-refractivity contribution is 7.99. The number of rotatable bonds is 5. The number of nitrogens with zero attached hydrogens (tertiary/aromatic N) is 2. The number of carbonyl (C=O) groups excluding carboxylic acids is 1. The van der Waals surface area contributed by atoms with Crippen molar-refractivity contribution in [2.24, 2.45) is 0 Å². The standard InChI is InChI=1S/C13H16FN3O3S/c14-11-2-1-10(9-12(11)17(19)20)13(18)15-3-4-16-5-7-21-8-6-16/h1-2,9H,3-8H2,(H,15,18). The summed E-state index contributed by atoms with van der Waals surface area (Å²) in [6.07, 6.45) is 0. The van der Waals surface area contributed by atoms with Crippen molar-refractivity contribution < 1.29 is 14.1 Å². The largest absolute Gasteiger partial charge is 0.351 e. The maximum Gasteiger partial charge on any atom is 0.305 e. The van der Waals surface area contributed by atoms with Crippen LogP contribution in [0.1, 0.15) is 10.4 Å². The van der Waals surface area contributed by atoms with Crippen molar-refractivity contribution in [2.75, 3.05) is 37.7 Å². The molecule has 1 heterocycles. The second-order valence-corrected chi connectivity index (χ2v) is 5.86. The lowest BCUT2D eigenvalue weighted by atomic mass is 10.2. The molecule has 1 amide bonds. The monoisotopic (exact) mass is 313 g/mol. The van der Waals surface area contributed by atoms with Gasteiger partial charge in [-0.15, -0.1) is 0 Å². The Morgan fingerprint density at radius 3 is 2.81 bits per heavy atom. The molecule has 21 heavy (non-hydrogen) atoms. The summed E-state index contributed by atoms with van der Waals surface area (Å²) in [5, 5.41) is 13.3. The Kier molecular flexibility index (Phi) is 5.51. The first-order chi connectivity index (χ1) is 10.1. The summed E-state index contributed by atoms with van der Waals surface area (Å²) in [6, 6.07) is 3.15. The quantitative estimate of drug-likeness (QED) is 0.659. The van der Waals surface area contributed by atoms with Crippen molar-refractivity contribution in [2.45, 2.75) is 0 Å². The van der Waals surface area contributed by atoms with Crippen LogP contribution in [0.5, 0.6) is 0 Å². The summed E-state index contributed by atoms with van der Waals surface area (Å²) < 4.78 is 13.2. The Morgan fingerprint density at radius 2 is 2.14 bits per heavy atom. The second kappa shape index (κ2) is 7.37. The van der Waals surface area contributed by atoms with Crippen LogP contribution in [0.3, 0.4) is 0 Å². The van der Waals surface area contributed by atoms with Gasteiger partial charge >= 0.3 is 5.69 Å². The average Bonchev–Trinajstić information content (AvgIpc) is 2.48. The van der Waals surface area contributed by atoms with Crippen LogP contribution in [0.2, 0.25) is 0 Å². The zero-order valence-corrected chi connectivity index (χ0v) is 12.2. The molecule has 0 saturated carbocycles. The molecule has 8 heteroatoms. The van der Waals surface area contributed by atoms with Crippen LogP contribution in [-0.4, -0.2) is 53.4 Å². The molecular weight excluding hydrogens is 297 g/mol. The smallest absolute Gasteiger partial charge is 0.305 e. The molecule has 1 saturated heterocycles. The van der Waals surface area contributed by atoms with Crippen molar-refractivity contribution >= 4 is 23.4 Å². The van der Waals surface area contributed by atoms with E-state index in [2.05, 4.69) is 10.2 Å². The lowest BCUT2D eigenvalue weighted by Gasteiger charge is -2.25. The average molecular weight is 313 g/mol. The van der Waals surface area contributed by atoms with Gasteiger partial charge in [0.05, 0.1) is 4.92 Å². The van der Waals surface area contributed by atoms with Gasteiger partial charge in [-0.25, -0.2) is 0 Å². The van der Waals surface area contributed by atoms with E-state index < -0.39 is 22.3 Å². The summed E-state index contributed by atoms with van der Waals surface area (Å²) in [5.41, 5.74) is -0.590. The lowest BCUT2D eigenvalue weighted by molar-refractivity contribution is -0.387. The molecule has 1 aliphatic heterocycles. The molecule has 0 unspecified atom stereocenters. The van der Waals surface area contributed by atoms with E-state index >= 15 is 0 Å². The van der Waals surface area contributed by atoms with Gasteiger partial charge in [-0.1, -0.05) is 0 Å². The summed E-state index contributed by atoms with van der Waals surface area (Å²) in [4.78, 5) is 24.0. The van der Waals surface area contributed by atoms with E-state index in [1.165, 1.54) is 6.07 Å². The van der Waals surface area contributed by atoms with Crippen LogP contribution in [0.15, 0.2) is 18.2 Å². The molecule has 0 aliphatic carbocycles. The second-order valence-electron chi connectivity index (χ2n) is 4.63. The third-order valence-electron chi connectivity index (χ3n) is 3.22. The van der Waals surface area contributed by atoms with Crippen LogP contribution in [0, 0.1) is 15.9 Å². The highest BCUT2D eigenvalue weighted by atomic mass is 32.2. The van der Waals surface area contributed by atoms with E-state index in [0.717, 1.165) is 43.3 Å². The molecule has 0 spiro atoms. The van der Waals surface area contributed by atoms with Crippen molar-refractivity contribution in [1.82, 2.24) is 10.2 Å². The van der Waals surface area contributed by atoms with Crippen molar-refractivity contribution in [3.8, 4) is 0 Å². The first-order valence-corrected chi connectivity index (χ1v) is 7.75. The van der Waals surface area contributed by atoms with Crippen molar-refractivity contribution in [3.05, 3.63) is 39.7 Å². The SMILES string of the molecule is O=C(NCCN1CCSCC1)c1ccc(F)c([N+](=O)[O-])c1. The number of benzene rings is 1. The van der Waals surface area contributed by atoms with Gasteiger partial charge < -0.3 is 5.32 Å². The van der Waals surface area contributed by atoms with Gasteiger partial charge in [0.25, 0.3) is 5.91 Å². The fourth-order valence-corrected chi connectivity index (χ4v) is 3.03. The normalized spacial score (nSPS) is 15.7. The fourth-order valence-electron chi connectivity index (χ4n) is 2.05. The minimum atomic E-state index is -0.942. The highest BCUT2D eigenvalue weighted by Gasteiger charge is 2.17. The number of nitro benzene ring substituents is 1. The van der Waals surface area contributed by atoms with Crippen LogP contribution in [0.25, 0.3) is 0 Å². The summed E-state index contributed by atoms with van der Waals surface area (Å²) in [6.45, 7) is 3.22. The Labute approximate surface area is 125 Å². The molecule has 1 aromatic carbocycles. The minimum Gasteiger partial charge on any atom is -0.351 e. The molecule has 1 N–H and O–H groups in total. The summed E-state index contributed by atoms with van der Waals surface area (Å²) in [7, 11) is 0. The van der Waals surface area contributed by atoms with Gasteiger partial charge in [0.2, 0.25) is 5.82 Å². The van der Waals surface area contributed by atoms with Crippen molar-refractivity contribution in [3.63, 3.8) is 0 Å². The first-order valence-electron chi connectivity index (χ1n) is 6.60. The molecule has 2 rings (SSSR count). The van der Waals surface area contributed by atoms with E-state index in [1.54, 1.807) is 0 Å². The van der Waals surface area contributed by atoms with Gasteiger partial charge in [-0.3, -0.25) is 19.8 Å². The van der Waals surface area contributed by atoms with Crippen molar-refractivity contribution in [1.29, 1.82) is 0 Å². The van der Waals surface area contributed by atoms with Gasteiger partial charge in [0.1, 0.15) is 0 Å². The van der Waals surface area contributed by atoms with E-state index in [9.17, 15) is 19.3 Å². The molecule has 0 atom stereocenters. The molecule has 114 valence electrons. The highest BCUT2D eigenvalue weighted by Crippen LogP contribution is 2.18. The molecule has 0 bridgehead atoms. The maximum atomic E-state index is 13.2. The number of hydrogen-bond donors (Lipinski definition) is 1. The predicted molar refractivity (Wildman–Crippen MR) is 79.2 cm³/mol. The molecule has 1 fully saturated rings. The molecule has 1 aliphatic rings. The molecule has 0 aromatic heterocycles. The van der Waals surface area contributed by atoms with Gasteiger partial charge in [0, 0.05) is 49.3 Å². The van der Waals surface area contributed by atoms with E-state index in [0.29, 0.717) is 6.54 Å². The Morgan fingerprint density at radius 1 is 1.43 bits per heavy atom. The number of nitrogens with one attached hydrogen (secondary N) is 1. The first kappa shape index (κ1) is 15.7. The minimum absolute atomic E-state index is 0.0947. The number of thioether (sulfide) groups is 1. The van der Waals surface area contributed by atoms with Crippen LogP contribution in [-0.2, 0) is 0 Å². The van der Waals surface area contributed by atoms with E-state index in [1.807, 2.05) is 11.8 Å². The maximum absolute atomic E-state index is 13.2. The van der Waals surface area contributed by atoms with E-state index in [-0.39, 0.29) is 5.56 Å². The molecule has 0 radical (unpaired) electrons. The van der Waals surface area contributed by atoms with Crippen LogP contribution in [0.4, 0.5) is 10.1 Å². The Bertz CT molecular complexity index is 535. The van der Waals surface area contributed by atoms with Crippen LogP contribution < -0.4 is 5.32 Å². The number of carbonyl (C=O) groups is 1. The van der Waals surface area contributed by atoms with E-state index in [4.69, 9.17) is 0 Å². The number of hydrogen-bond acceptors (Lipinski definition) is 5. The van der Waals surface area contributed by atoms with Gasteiger partial charge in [-0.2, -0.15) is 16.2 Å². The Balaban J connectivity index is 1.88. The lowest BCUT2D eigenvalue weighted by Crippen LogP contribution is -2.39. The zero-order valence-electron chi connectivity index (χ0n) is 11.4. The van der Waals surface area contributed by atoms with Gasteiger partial charge in [-0.05, 0) is 12.1 Å². The summed E-state index contributed by atoms with van der Waals surface area (Å²) in [5.74, 6) is 0.822. The van der Waals surface area contributed by atoms with Crippen LogP contribution >= 0.6 is 11.8 Å². The summed E-state index contributed by atoms with van der Waals surface area (Å²) >= 11 is 1.91. The number of amides is 1. The topological polar surface area (TPSA) is 75.5 Å². The molecular formula is C13H16FN3O3S.